The Balaban J connectivity index is 1.66. The van der Waals surface area contributed by atoms with E-state index in [4.69, 9.17) is 14.0 Å². The van der Waals surface area contributed by atoms with Crippen molar-refractivity contribution in [2.75, 3.05) is 21.3 Å². The minimum absolute atomic E-state index is 0.0117. The Bertz CT molecular complexity index is 1000. The molecule has 1 aromatic heterocycles. The van der Waals surface area contributed by atoms with E-state index >= 15 is 0 Å². The van der Waals surface area contributed by atoms with Gasteiger partial charge in [-0.1, -0.05) is 22.9 Å². The number of carbonyl (C=O) groups excluding carboxylic acids is 1. The first-order valence-electron chi connectivity index (χ1n) is 9.44. The molecule has 8 heteroatoms. The van der Waals surface area contributed by atoms with Gasteiger partial charge in [-0.25, -0.2) is 0 Å². The quantitative estimate of drug-likeness (QED) is 0.499. The highest BCUT2D eigenvalue weighted by molar-refractivity contribution is 8.00. The molecule has 2 aromatic carbocycles. The lowest BCUT2D eigenvalue weighted by molar-refractivity contribution is -0.129. The van der Waals surface area contributed by atoms with E-state index in [0.29, 0.717) is 28.8 Å². The number of aryl methyl sites for hydroxylation is 1. The first-order valence-corrected chi connectivity index (χ1v) is 10.3. The monoisotopic (exact) mass is 427 g/mol. The van der Waals surface area contributed by atoms with E-state index in [9.17, 15) is 4.79 Å². The van der Waals surface area contributed by atoms with Crippen LogP contribution in [-0.4, -0.2) is 47.5 Å². The molecule has 3 aromatic rings. The number of ether oxygens (including phenoxy) is 2. The van der Waals surface area contributed by atoms with Crippen molar-refractivity contribution in [2.45, 2.75) is 30.5 Å². The Labute approximate surface area is 180 Å². The number of amides is 1. The normalized spacial score (nSPS) is 11.8. The molecule has 1 heterocycles. The summed E-state index contributed by atoms with van der Waals surface area (Å²) in [6, 6.07) is 13.5. The van der Waals surface area contributed by atoms with Gasteiger partial charge in [0.05, 0.1) is 31.6 Å². The summed E-state index contributed by atoms with van der Waals surface area (Å²) in [5.41, 5.74) is 1.88. The molecule has 0 spiro atoms. The fourth-order valence-corrected chi connectivity index (χ4v) is 3.86. The summed E-state index contributed by atoms with van der Waals surface area (Å²) in [6.07, 6.45) is 0. The van der Waals surface area contributed by atoms with Gasteiger partial charge in [-0.3, -0.25) is 4.79 Å². The molecule has 1 amide bonds. The van der Waals surface area contributed by atoms with E-state index in [1.165, 1.54) is 17.3 Å². The third-order valence-corrected chi connectivity index (χ3v) is 5.65. The average molecular weight is 428 g/mol. The Hall–Kier alpha value is -3.00. The van der Waals surface area contributed by atoms with Crippen molar-refractivity contribution in [3.05, 3.63) is 53.9 Å². The molecule has 0 bridgehead atoms. The molecule has 0 saturated heterocycles. The van der Waals surface area contributed by atoms with Crippen molar-refractivity contribution in [1.29, 1.82) is 0 Å². The molecule has 1 atom stereocenters. The first kappa shape index (κ1) is 21.7. The molecular weight excluding hydrogens is 402 g/mol. The molecule has 0 saturated carbocycles. The van der Waals surface area contributed by atoms with Crippen LogP contribution in [0.15, 0.2) is 51.9 Å². The topological polar surface area (TPSA) is 77.7 Å². The third kappa shape index (κ3) is 5.13. The van der Waals surface area contributed by atoms with Crippen molar-refractivity contribution in [2.24, 2.45) is 0 Å². The average Bonchev–Trinajstić information content (AvgIpc) is 3.22. The van der Waals surface area contributed by atoms with E-state index < -0.39 is 0 Å². The zero-order valence-electron chi connectivity index (χ0n) is 17.7. The first-order chi connectivity index (χ1) is 14.4. The minimum Gasteiger partial charge on any atom is -0.497 e. The predicted octanol–water partition coefficient (Wildman–Crippen LogP) is 4.20. The fourth-order valence-electron chi connectivity index (χ4n) is 2.87. The number of benzene rings is 2. The standard InChI is InChI=1S/C22H25N3O4S/c1-14-6-9-17(10-7-14)30-15(2)22(26)25(3)13-20-23-21(24-29-20)18-11-8-16(27-4)12-19(18)28-5/h6-12,15H,13H2,1-5H3/t15-/m0/s1. The van der Waals surface area contributed by atoms with Gasteiger partial charge in [-0.2, -0.15) is 4.98 Å². The van der Waals surface area contributed by atoms with Crippen molar-refractivity contribution in [3.63, 3.8) is 0 Å². The second kappa shape index (κ2) is 9.67. The smallest absolute Gasteiger partial charge is 0.246 e. The lowest BCUT2D eigenvalue weighted by atomic mass is 10.2. The number of nitrogens with zero attached hydrogens (tertiary/aromatic N) is 3. The molecular formula is C22H25N3O4S. The number of hydrogen-bond acceptors (Lipinski definition) is 7. The van der Waals surface area contributed by atoms with Crippen molar-refractivity contribution in [1.82, 2.24) is 15.0 Å². The maximum Gasteiger partial charge on any atom is 0.246 e. The molecule has 0 aliphatic carbocycles. The van der Waals surface area contributed by atoms with Crippen molar-refractivity contribution in [3.8, 4) is 22.9 Å². The summed E-state index contributed by atoms with van der Waals surface area (Å²) >= 11 is 1.52. The molecule has 0 N–H and O–H groups in total. The van der Waals surface area contributed by atoms with Gasteiger partial charge in [0, 0.05) is 18.0 Å². The van der Waals surface area contributed by atoms with E-state index in [1.807, 2.05) is 38.1 Å². The van der Waals surface area contributed by atoms with E-state index in [2.05, 4.69) is 10.1 Å². The van der Waals surface area contributed by atoms with Gasteiger partial charge in [-0.05, 0) is 38.1 Å². The van der Waals surface area contributed by atoms with Gasteiger partial charge < -0.3 is 18.9 Å². The van der Waals surface area contributed by atoms with Crippen LogP contribution in [0, 0.1) is 6.92 Å². The maximum absolute atomic E-state index is 12.7. The van der Waals surface area contributed by atoms with Gasteiger partial charge >= 0.3 is 0 Å². The van der Waals surface area contributed by atoms with Gasteiger partial charge in [0.1, 0.15) is 11.5 Å². The molecule has 0 radical (unpaired) electrons. The van der Waals surface area contributed by atoms with Crippen LogP contribution in [0.1, 0.15) is 18.4 Å². The highest BCUT2D eigenvalue weighted by Gasteiger charge is 2.21. The van der Waals surface area contributed by atoms with Crippen LogP contribution >= 0.6 is 11.8 Å². The second-order valence-corrected chi connectivity index (χ2v) is 8.26. The fraction of sp³-hybridized carbons (Fsp3) is 0.318. The molecule has 158 valence electrons. The maximum atomic E-state index is 12.7. The molecule has 30 heavy (non-hydrogen) atoms. The Kier molecular flexibility index (Phi) is 6.99. The SMILES string of the molecule is COc1ccc(-c2noc(CN(C)C(=O)[C@H](C)Sc3ccc(C)cc3)n2)c(OC)c1. The Morgan fingerprint density at radius 2 is 1.90 bits per heavy atom. The highest BCUT2D eigenvalue weighted by Crippen LogP contribution is 2.31. The lowest BCUT2D eigenvalue weighted by Crippen LogP contribution is -2.32. The van der Waals surface area contributed by atoms with Crippen LogP contribution in [0.3, 0.4) is 0 Å². The molecule has 3 rings (SSSR count). The van der Waals surface area contributed by atoms with Crippen LogP contribution in [-0.2, 0) is 11.3 Å². The number of aromatic nitrogens is 2. The van der Waals surface area contributed by atoms with Crippen LogP contribution in [0.5, 0.6) is 11.5 Å². The molecule has 0 fully saturated rings. The molecule has 7 nitrogen and oxygen atoms in total. The summed E-state index contributed by atoms with van der Waals surface area (Å²) in [4.78, 5) is 19.8. The number of methoxy groups -OCH3 is 2. The lowest BCUT2D eigenvalue weighted by Gasteiger charge is -2.19. The van der Waals surface area contributed by atoms with Crippen molar-refractivity contribution >= 4 is 17.7 Å². The van der Waals surface area contributed by atoms with Crippen LogP contribution in [0.4, 0.5) is 0 Å². The summed E-state index contributed by atoms with van der Waals surface area (Å²) in [5.74, 6) is 1.99. The van der Waals surface area contributed by atoms with Gasteiger partial charge in [-0.15, -0.1) is 11.8 Å². The molecule has 0 aliphatic rings. The molecule has 0 aliphatic heterocycles. The van der Waals surface area contributed by atoms with Crippen LogP contribution in [0.2, 0.25) is 0 Å². The largest absolute Gasteiger partial charge is 0.497 e. The third-order valence-electron chi connectivity index (χ3n) is 4.55. The van der Waals surface area contributed by atoms with Crippen LogP contribution in [0.25, 0.3) is 11.4 Å². The van der Waals surface area contributed by atoms with E-state index in [-0.39, 0.29) is 17.7 Å². The zero-order chi connectivity index (χ0) is 21.7. The number of carbonyl (C=O) groups is 1. The van der Waals surface area contributed by atoms with Crippen LogP contribution < -0.4 is 9.47 Å². The summed E-state index contributed by atoms with van der Waals surface area (Å²) in [6.45, 7) is 4.16. The van der Waals surface area contributed by atoms with Gasteiger partial charge in [0.2, 0.25) is 17.6 Å². The Morgan fingerprint density at radius 3 is 2.57 bits per heavy atom. The highest BCUT2D eigenvalue weighted by atomic mass is 32.2. The summed E-state index contributed by atoms with van der Waals surface area (Å²) < 4.78 is 16.0. The minimum atomic E-state index is -0.234. The number of thioether (sulfide) groups is 1. The van der Waals surface area contributed by atoms with E-state index in [1.54, 1.807) is 44.4 Å². The van der Waals surface area contributed by atoms with Gasteiger partial charge in [0.15, 0.2) is 0 Å². The second-order valence-electron chi connectivity index (χ2n) is 6.85. The predicted molar refractivity (Wildman–Crippen MR) is 116 cm³/mol. The summed E-state index contributed by atoms with van der Waals surface area (Å²) in [5, 5.41) is 3.80. The zero-order valence-corrected chi connectivity index (χ0v) is 18.5. The number of rotatable bonds is 8. The molecule has 0 unspecified atom stereocenters. The van der Waals surface area contributed by atoms with Crippen molar-refractivity contribution < 1.29 is 18.8 Å². The Morgan fingerprint density at radius 1 is 1.17 bits per heavy atom. The van der Waals surface area contributed by atoms with Gasteiger partial charge in [0.25, 0.3) is 0 Å². The number of hydrogen-bond donors (Lipinski definition) is 0. The summed E-state index contributed by atoms with van der Waals surface area (Å²) in [7, 11) is 4.89. The van der Waals surface area contributed by atoms with E-state index in [0.717, 1.165) is 4.90 Å².